The van der Waals surface area contributed by atoms with Gasteiger partial charge in [-0.05, 0) is 37.1 Å². The van der Waals surface area contributed by atoms with E-state index >= 15 is 0 Å². The minimum atomic E-state index is -3.30. The van der Waals surface area contributed by atoms with Gasteiger partial charge in [0.25, 0.3) is 0 Å². The van der Waals surface area contributed by atoms with Crippen molar-refractivity contribution in [2.24, 2.45) is 0 Å². The molecule has 0 radical (unpaired) electrons. The number of rotatable bonds is 7. The van der Waals surface area contributed by atoms with E-state index < -0.39 is 16.0 Å². The molecule has 0 heterocycles. The summed E-state index contributed by atoms with van der Waals surface area (Å²) in [5.41, 5.74) is 0.854. The zero-order valence-electron chi connectivity index (χ0n) is 11.2. The number of carbonyl (C=O) groups excluding carboxylic acids is 1. The molecule has 19 heavy (non-hydrogen) atoms. The molecule has 1 aromatic rings. The molecule has 0 saturated carbocycles. The molecular formula is C13H19NO4S. The number of esters is 1. The van der Waals surface area contributed by atoms with Gasteiger partial charge in [-0.3, -0.25) is 4.72 Å². The first kappa shape index (κ1) is 15.5. The zero-order valence-corrected chi connectivity index (χ0v) is 12.0. The van der Waals surface area contributed by atoms with Crippen LogP contribution < -0.4 is 4.72 Å². The molecule has 6 heteroatoms. The van der Waals surface area contributed by atoms with Gasteiger partial charge in [-0.15, -0.1) is 0 Å². The van der Waals surface area contributed by atoms with Crippen LogP contribution in [0.4, 0.5) is 5.69 Å². The zero-order chi connectivity index (χ0) is 14.3. The summed E-state index contributed by atoms with van der Waals surface area (Å²) in [5.74, 6) is -0.322. The Morgan fingerprint density at radius 1 is 1.16 bits per heavy atom. The van der Waals surface area contributed by atoms with Crippen LogP contribution in [-0.2, 0) is 14.8 Å². The van der Waals surface area contributed by atoms with E-state index in [1.807, 2.05) is 6.92 Å². The average molecular weight is 285 g/mol. The Bertz CT molecular complexity index is 508. The molecule has 5 nitrogen and oxygen atoms in total. The smallest absolute Gasteiger partial charge is 0.338 e. The van der Waals surface area contributed by atoms with E-state index in [1.54, 1.807) is 31.2 Å². The summed E-state index contributed by atoms with van der Waals surface area (Å²) >= 11 is 0. The summed E-state index contributed by atoms with van der Waals surface area (Å²) in [4.78, 5) is 11.5. The summed E-state index contributed by atoms with van der Waals surface area (Å²) in [6, 6.07) is 6.19. The number of benzene rings is 1. The third-order valence-corrected chi connectivity index (χ3v) is 3.80. The van der Waals surface area contributed by atoms with Gasteiger partial charge in [0.2, 0.25) is 10.0 Å². The minimum absolute atomic E-state index is 0.0767. The first-order chi connectivity index (χ1) is 8.98. The standard InChI is InChI=1S/C13H19NO4S/c1-3-9-18-13(15)11-5-7-12(8-6-11)14-19(16,17)10-4-2/h5-8,14H,3-4,9-10H2,1-2H3. The molecule has 0 aliphatic heterocycles. The normalized spacial score (nSPS) is 11.1. The molecule has 0 spiro atoms. The third kappa shape index (κ3) is 5.30. The summed E-state index contributed by atoms with van der Waals surface area (Å²) in [6.45, 7) is 4.09. The quantitative estimate of drug-likeness (QED) is 0.781. The Labute approximate surface area is 114 Å². The molecule has 1 aromatic carbocycles. The molecule has 0 aliphatic rings. The van der Waals surface area contributed by atoms with Gasteiger partial charge < -0.3 is 4.74 Å². The number of nitrogens with one attached hydrogen (secondary N) is 1. The van der Waals surface area contributed by atoms with Gasteiger partial charge in [0.05, 0.1) is 17.9 Å². The average Bonchev–Trinajstić information content (AvgIpc) is 2.36. The highest BCUT2D eigenvalue weighted by molar-refractivity contribution is 7.92. The van der Waals surface area contributed by atoms with E-state index in [0.29, 0.717) is 24.3 Å². The Morgan fingerprint density at radius 3 is 2.32 bits per heavy atom. The van der Waals surface area contributed by atoms with Crippen LogP contribution in [0.5, 0.6) is 0 Å². The van der Waals surface area contributed by atoms with Gasteiger partial charge in [-0.1, -0.05) is 13.8 Å². The second-order valence-electron chi connectivity index (χ2n) is 4.13. The molecule has 1 rings (SSSR count). The van der Waals surface area contributed by atoms with Crippen LogP contribution in [-0.4, -0.2) is 26.7 Å². The van der Waals surface area contributed by atoms with E-state index in [-0.39, 0.29) is 5.75 Å². The van der Waals surface area contributed by atoms with E-state index in [9.17, 15) is 13.2 Å². The van der Waals surface area contributed by atoms with E-state index in [4.69, 9.17) is 4.74 Å². The van der Waals surface area contributed by atoms with Crippen molar-refractivity contribution in [3.63, 3.8) is 0 Å². The van der Waals surface area contributed by atoms with Crippen molar-refractivity contribution >= 4 is 21.7 Å². The number of anilines is 1. The Hall–Kier alpha value is -1.56. The van der Waals surface area contributed by atoms with Crippen LogP contribution in [0.1, 0.15) is 37.0 Å². The Morgan fingerprint density at radius 2 is 1.79 bits per heavy atom. The van der Waals surface area contributed by atoms with Crippen LogP contribution in [0.15, 0.2) is 24.3 Å². The first-order valence-corrected chi connectivity index (χ1v) is 7.91. The number of ether oxygens (including phenoxy) is 1. The van der Waals surface area contributed by atoms with Crippen molar-refractivity contribution in [2.75, 3.05) is 17.1 Å². The fourth-order valence-electron chi connectivity index (χ4n) is 1.45. The highest BCUT2D eigenvalue weighted by atomic mass is 32.2. The number of hydrogen-bond donors (Lipinski definition) is 1. The van der Waals surface area contributed by atoms with E-state index in [2.05, 4.69) is 4.72 Å². The Kier molecular flexibility index (Phi) is 5.82. The molecule has 0 unspecified atom stereocenters. The van der Waals surface area contributed by atoms with Gasteiger partial charge in [-0.25, -0.2) is 13.2 Å². The number of hydrogen-bond acceptors (Lipinski definition) is 4. The molecule has 0 atom stereocenters. The highest BCUT2D eigenvalue weighted by Crippen LogP contribution is 2.12. The van der Waals surface area contributed by atoms with Crippen molar-refractivity contribution in [1.82, 2.24) is 0 Å². The predicted octanol–water partition coefficient (Wildman–Crippen LogP) is 2.41. The monoisotopic (exact) mass is 285 g/mol. The van der Waals surface area contributed by atoms with E-state index in [0.717, 1.165) is 6.42 Å². The Balaban J connectivity index is 2.69. The topological polar surface area (TPSA) is 72.5 Å². The number of sulfonamides is 1. The molecule has 0 fully saturated rings. The van der Waals surface area contributed by atoms with Gasteiger partial charge in [0, 0.05) is 5.69 Å². The predicted molar refractivity (Wildman–Crippen MR) is 74.7 cm³/mol. The van der Waals surface area contributed by atoms with Gasteiger partial charge in [0.1, 0.15) is 0 Å². The highest BCUT2D eigenvalue weighted by Gasteiger charge is 2.10. The summed E-state index contributed by atoms with van der Waals surface area (Å²) in [6.07, 6.45) is 1.32. The van der Waals surface area contributed by atoms with Crippen molar-refractivity contribution in [1.29, 1.82) is 0 Å². The second kappa shape index (κ2) is 7.13. The fourth-order valence-corrected chi connectivity index (χ4v) is 2.59. The van der Waals surface area contributed by atoms with Crippen LogP contribution >= 0.6 is 0 Å². The van der Waals surface area contributed by atoms with Gasteiger partial charge in [0.15, 0.2) is 0 Å². The molecular weight excluding hydrogens is 266 g/mol. The van der Waals surface area contributed by atoms with Crippen LogP contribution in [0.3, 0.4) is 0 Å². The van der Waals surface area contributed by atoms with Crippen molar-refractivity contribution in [2.45, 2.75) is 26.7 Å². The molecule has 0 amide bonds. The van der Waals surface area contributed by atoms with Crippen molar-refractivity contribution in [3.05, 3.63) is 29.8 Å². The third-order valence-electron chi connectivity index (χ3n) is 2.30. The SMILES string of the molecule is CCCOC(=O)c1ccc(NS(=O)(=O)CCC)cc1. The lowest BCUT2D eigenvalue weighted by molar-refractivity contribution is 0.0505. The fraction of sp³-hybridized carbons (Fsp3) is 0.462. The minimum Gasteiger partial charge on any atom is -0.462 e. The molecule has 106 valence electrons. The molecule has 0 aliphatic carbocycles. The lowest BCUT2D eigenvalue weighted by Crippen LogP contribution is -2.16. The van der Waals surface area contributed by atoms with Crippen molar-refractivity contribution in [3.8, 4) is 0 Å². The summed E-state index contributed by atoms with van der Waals surface area (Å²) in [7, 11) is -3.30. The summed E-state index contributed by atoms with van der Waals surface area (Å²) in [5, 5.41) is 0. The first-order valence-electron chi connectivity index (χ1n) is 6.26. The maximum absolute atomic E-state index is 11.6. The second-order valence-corrected chi connectivity index (χ2v) is 5.98. The van der Waals surface area contributed by atoms with Crippen molar-refractivity contribution < 1.29 is 17.9 Å². The molecule has 0 aromatic heterocycles. The molecule has 0 bridgehead atoms. The largest absolute Gasteiger partial charge is 0.462 e. The maximum atomic E-state index is 11.6. The maximum Gasteiger partial charge on any atom is 0.338 e. The van der Waals surface area contributed by atoms with Crippen LogP contribution in [0.2, 0.25) is 0 Å². The number of carbonyl (C=O) groups is 1. The van der Waals surface area contributed by atoms with Gasteiger partial charge >= 0.3 is 5.97 Å². The molecule has 1 N–H and O–H groups in total. The van der Waals surface area contributed by atoms with Crippen LogP contribution in [0.25, 0.3) is 0 Å². The van der Waals surface area contributed by atoms with Crippen LogP contribution in [0, 0.1) is 0 Å². The lowest BCUT2D eigenvalue weighted by Gasteiger charge is -2.08. The van der Waals surface area contributed by atoms with Gasteiger partial charge in [-0.2, -0.15) is 0 Å². The van der Waals surface area contributed by atoms with E-state index in [1.165, 1.54) is 0 Å². The molecule has 0 saturated heterocycles. The lowest BCUT2D eigenvalue weighted by atomic mass is 10.2. The summed E-state index contributed by atoms with van der Waals surface area (Å²) < 4.78 is 30.5.